The Kier molecular flexibility index (Phi) is 8.79. The number of nitrogens with zero attached hydrogens (tertiary/aromatic N) is 3. The minimum atomic E-state index is 1.10. The number of piperazine rings is 1. The summed E-state index contributed by atoms with van der Waals surface area (Å²) < 4.78 is 2.53. The molecule has 0 atom stereocenters. The molecule has 0 aliphatic carbocycles. The fourth-order valence-electron chi connectivity index (χ4n) is 5.14. The Morgan fingerprint density at radius 1 is 0.758 bits per heavy atom. The Labute approximate surface area is 200 Å². The Balaban J connectivity index is 1.16. The molecule has 1 saturated heterocycles. The van der Waals surface area contributed by atoms with Gasteiger partial charge in [0.25, 0.3) is 0 Å². The van der Waals surface area contributed by atoms with Gasteiger partial charge in [0.2, 0.25) is 0 Å². The van der Waals surface area contributed by atoms with Crippen LogP contribution in [0.4, 0.5) is 0 Å². The molecule has 2 heterocycles. The highest BCUT2D eigenvalue weighted by Gasteiger charge is 2.16. The second kappa shape index (κ2) is 12.2. The zero-order chi connectivity index (χ0) is 22.9. The van der Waals surface area contributed by atoms with E-state index < -0.39 is 0 Å². The van der Waals surface area contributed by atoms with Gasteiger partial charge in [0.05, 0.1) is 0 Å². The lowest BCUT2D eigenvalue weighted by Gasteiger charge is -2.35. The standard InChI is InChI=1S/C30H41N3/c1-3-5-14-26(4-2)25-32-23-21-31(22-24-32)19-12-6-7-13-20-33-29-17-10-8-15-27(29)28-16-9-11-18-30(28)33/h4-5,8-11,14-18H,3,6-7,12-13,19-25H2,1-2H3/b14-5-,26-4+. The van der Waals surface area contributed by atoms with E-state index in [1.807, 2.05) is 0 Å². The minimum Gasteiger partial charge on any atom is -0.340 e. The average molecular weight is 444 g/mol. The smallest absolute Gasteiger partial charge is 0.0491 e. The van der Waals surface area contributed by atoms with Crippen molar-refractivity contribution in [1.82, 2.24) is 14.4 Å². The third-order valence-electron chi connectivity index (χ3n) is 7.10. The molecular weight excluding hydrogens is 402 g/mol. The van der Waals surface area contributed by atoms with E-state index in [0.29, 0.717) is 0 Å². The molecule has 3 heteroatoms. The van der Waals surface area contributed by atoms with Gasteiger partial charge in [-0.2, -0.15) is 0 Å². The number of hydrogen-bond donors (Lipinski definition) is 0. The highest BCUT2D eigenvalue weighted by atomic mass is 15.3. The van der Waals surface area contributed by atoms with Gasteiger partial charge in [0, 0.05) is 61.1 Å². The highest BCUT2D eigenvalue weighted by molar-refractivity contribution is 6.07. The number of benzene rings is 2. The molecule has 1 aliphatic rings. The lowest BCUT2D eigenvalue weighted by molar-refractivity contribution is 0.139. The van der Waals surface area contributed by atoms with Crippen molar-refractivity contribution in [2.24, 2.45) is 0 Å². The summed E-state index contributed by atoms with van der Waals surface area (Å²) >= 11 is 0. The average Bonchev–Trinajstić information content (AvgIpc) is 3.18. The maximum atomic E-state index is 2.67. The third-order valence-corrected chi connectivity index (χ3v) is 7.10. The van der Waals surface area contributed by atoms with Crippen molar-refractivity contribution < 1.29 is 0 Å². The zero-order valence-corrected chi connectivity index (χ0v) is 20.7. The first kappa shape index (κ1) is 23.8. The molecule has 0 amide bonds. The molecule has 0 bridgehead atoms. The van der Waals surface area contributed by atoms with Gasteiger partial charge in [-0.25, -0.2) is 0 Å². The molecule has 1 aliphatic heterocycles. The van der Waals surface area contributed by atoms with Crippen molar-refractivity contribution in [2.75, 3.05) is 39.3 Å². The van der Waals surface area contributed by atoms with E-state index in [-0.39, 0.29) is 0 Å². The van der Waals surface area contributed by atoms with Crippen LogP contribution in [0.2, 0.25) is 0 Å². The van der Waals surface area contributed by atoms with E-state index in [9.17, 15) is 0 Å². The lowest BCUT2D eigenvalue weighted by atomic mass is 10.1. The second-order valence-electron chi connectivity index (χ2n) is 9.39. The zero-order valence-electron chi connectivity index (χ0n) is 20.7. The number of rotatable bonds is 11. The Morgan fingerprint density at radius 3 is 1.94 bits per heavy atom. The summed E-state index contributed by atoms with van der Waals surface area (Å²) in [6, 6.07) is 17.7. The molecule has 0 radical (unpaired) electrons. The lowest BCUT2D eigenvalue weighted by Crippen LogP contribution is -2.46. The second-order valence-corrected chi connectivity index (χ2v) is 9.39. The number of para-hydroxylation sites is 2. The van der Waals surface area contributed by atoms with Gasteiger partial charge >= 0.3 is 0 Å². The van der Waals surface area contributed by atoms with E-state index in [1.165, 1.54) is 85.8 Å². The van der Waals surface area contributed by atoms with Crippen molar-refractivity contribution >= 4 is 21.8 Å². The third kappa shape index (κ3) is 6.16. The maximum absolute atomic E-state index is 2.67. The molecule has 4 rings (SSSR count). The number of aromatic nitrogens is 1. The monoisotopic (exact) mass is 443 g/mol. The van der Waals surface area contributed by atoms with Crippen LogP contribution in [0.1, 0.15) is 46.0 Å². The molecule has 3 aromatic rings. The van der Waals surface area contributed by atoms with Gasteiger partial charge in [0.1, 0.15) is 0 Å². The Hall–Kier alpha value is -2.36. The molecule has 2 aromatic carbocycles. The molecule has 1 aromatic heterocycles. The van der Waals surface area contributed by atoms with Crippen LogP contribution in [0, 0.1) is 0 Å². The molecule has 1 fully saturated rings. The van der Waals surface area contributed by atoms with Crippen LogP contribution in [-0.4, -0.2) is 53.6 Å². The number of aryl methyl sites for hydroxylation is 1. The number of fused-ring (bicyclic) bond motifs is 3. The fraction of sp³-hybridized carbons (Fsp3) is 0.467. The topological polar surface area (TPSA) is 11.4 Å². The Bertz CT molecular complexity index is 1010. The largest absolute Gasteiger partial charge is 0.340 e. The fourth-order valence-corrected chi connectivity index (χ4v) is 5.14. The van der Waals surface area contributed by atoms with Gasteiger partial charge < -0.3 is 9.47 Å². The van der Waals surface area contributed by atoms with Gasteiger partial charge in [-0.3, -0.25) is 4.90 Å². The molecule has 3 nitrogen and oxygen atoms in total. The summed E-state index contributed by atoms with van der Waals surface area (Å²) in [4.78, 5) is 5.28. The molecular formula is C30H41N3. The first-order valence-corrected chi connectivity index (χ1v) is 13.0. The normalized spacial score (nSPS) is 16.5. The predicted molar refractivity (Wildman–Crippen MR) is 144 cm³/mol. The number of allylic oxidation sites excluding steroid dienone is 2. The van der Waals surface area contributed by atoms with Crippen LogP contribution in [0.5, 0.6) is 0 Å². The SMILES string of the molecule is C/C=C(\C=C/CC)CN1CCN(CCCCCCn2c3ccccc3c3ccccc32)CC1. The quantitative estimate of drug-likeness (QED) is 0.236. The molecule has 33 heavy (non-hydrogen) atoms. The summed E-state index contributed by atoms with van der Waals surface area (Å²) in [6.45, 7) is 12.7. The van der Waals surface area contributed by atoms with Gasteiger partial charge in [-0.05, 0) is 50.4 Å². The van der Waals surface area contributed by atoms with E-state index >= 15 is 0 Å². The van der Waals surface area contributed by atoms with E-state index in [0.717, 1.165) is 19.5 Å². The summed E-state index contributed by atoms with van der Waals surface area (Å²) in [5.74, 6) is 0. The van der Waals surface area contributed by atoms with Gasteiger partial charge in [0.15, 0.2) is 0 Å². The van der Waals surface area contributed by atoms with Crippen molar-refractivity contribution in [3.8, 4) is 0 Å². The van der Waals surface area contributed by atoms with Crippen LogP contribution in [0.15, 0.2) is 72.3 Å². The van der Waals surface area contributed by atoms with Crippen molar-refractivity contribution in [3.05, 3.63) is 72.3 Å². The molecule has 0 unspecified atom stereocenters. The van der Waals surface area contributed by atoms with E-state index in [4.69, 9.17) is 0 Å². The summed E-state index contributed by atoms with van der Waals surface area (Å²) in [7, 11) is 0. The highest BCUT2D eigenvalue weighted by Crippen LogP contribution is 2.29. The molecule has 0 saturated carbocycles. The van der Waals surface area contributed by atoms with Crippen LogP contribution in [0.25, 0.3) is 21.8 Å². The van der Waals surface area contributed by atoms with Crippen LogP contribution >= 0.6 is 0 Å². The first-order chi connectivity index (χ1) is 16.3. The van der Waals surface area contributed by atoms with Crippen LogP contribution in [-0.2, 0) is 6.54 Å². The maximum Gasteiger partial charge on any atom is 0.0491 e. The number of unbranched alkanes of at least 4 members (excludes halogenated alkanes) is 3. The van der Waals surface area contributed by atoms with Crippen molar-refractivity contribution in [3.63, 3.8) is 0 Å². The molecule has 0 N–H and O–H groups in total. The van der Waals surface area contributed by atoms with E-state index in [2.05, 4.69) is 95.0 Å². The Morgan fingerprint density at radius 2 is 1.33 bits per heavy atom. The van der Waals surface area contributed by atoms with Crippen molar-refractivity contribution in [1.29, 1.82) is 0 Å². The van der Waals surface area contributed by atoms with Crippen LogP contribution in [0.3, 0.4) is 0 Å². The van der Waals surface area contributed by atoms with E-state index in [1.54, 1.807) is 0 Å². The predicted octanol–water partition coefficient (Wildman–Crippen LogP) is 6.89. The van der Waals surface area contributed by atoms with Gasteiger partial charge in [-0.15, -0.1) is 0 Å². The summed E-state index contributed by atoms with van der Waals surface area (Å²) in [5, 5.41) is 2.77. The molecule has 176 valence electrons. The molecule has 0 spiro atoms. The summed E-state index contributed by atoms with van der Waals surface area (Å²) in [5.41, 5.74) is 4.21. The van der Waals surface area contributed by atoms with Gasteiger partial charge in [-0.1, -0.05) is 74.4 Å². The first-order valence-electron chi connectivity index (χ1n) is 13.0. The number of hydrogen-bond acceptors (Lipinski definition) is 2. The van der Waals surface area contributed by atoms with Crippen LogP contribution < -0.4 is 0 Å². The van der Waals surface area contributed by atoms with Crippen molar-refractivity contribution in [2.45, 2.75) is 52.5 Å². The summed E-state index contributed by atoms with van der Waals surface area (Å²) in [6.07, 6.45) is 13.2. The minimum absolute atomic E-state index is 1.10.